The Kier molecular flexibility index (Phi) is 5.72. The van der Waals surface area contributed by atoms with Gasteiger partial charge in [0.15, 0.2) is 5.58 Å². The molecule has 8 nitrogen and oxygen atoms in total. The molecule has 0 aliphatic heterocycles. The van der Waals surface area contributed by atoms with E-state index in [4.69, 9.17) is 9.15 Å². The van der Waals surface area contributed by atoms with E-state index in [9.17, 15) is 9.59 Å². The first kappa shape index (κ1) is 20.2. The van der Waals surface area contributed by atoms with E-state index in [2.05, 4.69) is 15.6 Å². The number of ether oxygens (including phenoxy) is 1. The summed E-state index contributed by atoms with van der Waals surface area (Å²) >= 11 is 0. The van der Waals surface area contributed by atoms with Gasteiger partial charge in [0.25, 0.3) is 6.01 Å². The minimum atomic E-state index is -0.768. The number of anilines is 2. The SMILES string of the molecule is COc1ccc(C)cc1C(C)NC(=O)C(=O)Nc1ccc2nc(N(C)C)oc2c1. The van der Waals surface area contributed by atoms with E-state index >= 15 is 0 Å². The Morgan fingerprint density at radius 1 is 1.14 bits per heavy atom. The van der Waals surface area contributed by atoms with Crippen LogP contribution in [-0.2, 0) is 9.59 Å². The number of oxazole rings is 1. The number of aromatic nitrogens is 1. The third-order valence-electron chi connectivity index (χ3n) is 4.42. The van der Waals surface area contributed by atoms with Crippen molar-refractivity contribution >= 4 is 34.6 Å². The molecular formula is C21H24N4O4. The second-order valence-corrected chi connectivity index (χ2v) is 6.97. The molecule has 2 N–H and O–H groups in total. The van der Waals surface area contributed by atoms with Gasteiger partial charge in [0.2, 0.25) is 0 Å². The zero-order valence-electron chi connectivity index (χ0n) is 17.1. The Morgan fingerprint density at radius 2 is 1.90 bits per heavy atom. The molecule has 8 heteroatoms. The average Bonchev–Trinajstić information content (AvgIpc) is 3.11. The third kappa shape index (κ3) is 4.48. The van der Waals surface area contributed by atoms with Gasteiger partial charge in [-0.1, -0.05) is 17.7 Å². The highest BCUT2D eigenvalue weighted by molar-refractivity contribution is 6.39. The molecule has 2 aromatic carbocycles. The number of amides is 2. The zero-order chi connectivity index (χ0) is 21.1. The molecule has 0 aliphatic carbocycles. The fraction of sp³-hybridized carbons (Fsp3) is 0.286. The number of nitrogens with one attached hydrogen (secondary N) is 2. The number of rotatable bonds is 5. The van der Waals surface area contributed by atoms with Crippen molar-refractivity contribution in [2.75, 3.05) is 31.4 Å². The topological polar surface area (TPSA) is 96.7 Å². The number of nitrogens with zero attached hydrogens (tertiary/aromatic N) is 2. The number of carbonyl (C=O) groups is 2. The summed E-state index contributed by atoms with van der Waals surface area (Å²) in [6, 6.07) is 10.8. The van der Waals surface area contributed by atoms with E-state index in [0.717, 1.165) is 11.1 Å². The van der Waals surface area contributed by atoms with Crippen molar-refractivity contribution in [1.82, 2.24) is 10.3 Å². The van der Waals surface area contributed by atoms with Crippen LogP contribution in [0.4, 0.5) is 11.7 Å². The molecule has 29 heavy (non-hydrogen) atoms. The van der Waals surface area contributed by atoms with Gasteiger partial charge in [-0.15, -0.1) is 0 Å². The van der Waals surface area contributed by atoms with Crippen molar-refractivity contribution in [2.45, 2.75) is 19.9 Å². The number of methoxy groups -OCH3 is 1. The lowest BCUT2D eigenvalue weighted by molar-refractivity contribution is -0.136. The molecule has 2 amide bonds. The molecule has 0 radical (unpaired) electrons. The van der Waals surface area contributed by atoms with Gasteiger partial charge in [0.05, 0.1) is 13.2 Å². The fourth-order valence-corrected chi connectivity index (χ4v) is 2.90. The molecule has 0 spiro atoms. The third-order valence-corrected chi connectivity index (χ3v) is 4.42. The Hall–Kier alpha value is -3.55. The first-order valence-electron chi connectivity index (χ1n) is 9.12. The quantitative estimate of drug-likeness (QED) is 0.644. The Balaban J connectivity index is 1.70. The summed E-state index contributed by atoms with van der Waals surface area (Å²) in [5.74, 6) is -0.862. The maximum absolute atomic E-state index is 12.4. The van der Waals surface area contributed by atoms with E-state index < -0.39 is 17.9 Å². The van der Waals surface area contributed by atoms with Gasteiger partial charge >= 0.3 is 11.8 Å². The number of benzene rings is 2. The van der Waals surface area contributed by atoms with E-state index in [0.29, 0.717) is 28.6 Å². The van der Waals surface area contributed by atoms with Gasteiger partial charge in [-0.2, -0.15) is 4.98 Å². The van der Waals surface area contributed by atoms with Crippen LogP contribution in [0, 0.1) is 6.92 Å². The zero-order valence-corrected chi connectivity index (χ0v) is 17.1. The smallest absolute Gasteiger partial charge is 0.313 e. The fourth-order valence-electron chi connectivity index (χ4n) is 2.90. The second kappa shape index (κ2) is 8.22. The minimum absolute atomic E-state index is 0.400. The molecule has 3 rings (SSSR count). The highest BCUT2D eigenvalue weighted by Crippen LogP contribution is 2.26. The van der Waals surface area contributed by atoms with Crippen LogP contribution in [0.25, 0.3) is 11.1 Å². The number of hydrogen-bond donors (Lipinski definition) is 2. The minimum Gasteiger partial charge on any atom is -0.496 e. The van der Waals surface area contributed by atoms with Crippen LogP contribution in [-0.4, -0.2) is 38.0 Å². The van der Waals surface area contributed by atoms with Gasteiger partial charge < -0.3 is 24.7 Å². The van der Waals surface area contributed by atoms with Crippen LogP contribution >= 0.6 is 0 Å². The van der Waals surface area contributed by atoms with Crippen LogP contribution in [0.3, 0.4) is 0 Å². The van der Waals surface area contributed by atoms with Crippen molar-refractivity contribution < 1.29 is 18.7 Å². The monoisotopic (exact) mass is 396 g/mol. The first-order valence-corrected chi connectivity index (χ1v) is 9.12. The summed E-state index contributed by atoms with van der Waals surface area (Å²) in [6.07, 6.45) is 0. The largest absolute Gasteiger partial charge is 0.496 e. The Morgan fingerprint density at radius 3 is 2.59 bits per heavy atom. The molecule has 0 saturated heterocycles. The van der Waals surface area contributed by atoms with Crippen molar-refractivity contribution in [2.24, 2.45) is 0 Å². The van der Waals surface area contributed by atoms with Crippen molar-refractivity contribution in [3.05, 3.63) is 47.5 Å². The summed E-state index contributed by atoms with van der Waals surface area (Å²) in [5, 5.41) is 5.29. The molecule has 1 unspecified atom stereocenters. The highest BCUT2D eigenvalue weighted by Gasteiger charge is 2.20. The summed E-state index contributed by atoms with van der Waals surface area (Å²) in [7, 11) is 5.21. The lowest BCUT2D eigenvalue weighted by Gasteiger charge is -2.17. The maximum Gasteiger partial charge on any atom is 0.313 e. The van der Waals surface area contributed by atoms with E-state index in [-0.39, 0.29) is 0 Å². The van der Waals surface area contributed by atoms with E-state index in [1.807, 2.05) is 39.2 Å². The van der Waals surface area contributed by atoms with Crippen LogP contribution < -0.4 is 20.3 Å². The van der Waals surface area contributed by atoms with Gasteiger partial charge in [0, 0.05) is 31.4 Å². The van der Waals surface area contributed by atoms with Crippen LogP contribution in [0.1, 0.15) is 24.1 Å². The van der Waals surface area contributed by atoms with Crippen molar-refractivity contribution in [3.8, 4) is 5.75 Å². The molecule has 0 fully saturated rings. The lowest BCUT2D eigenvalue weighted by Crippen LogP contribution is -2.37. The molecule has 0 bridgehead atoms. The van der Waals surface area contributed by atoms with Crippen LogP contribution in [0.15, 0.2) is 40.8 Å². The number of carbonyl (C=O) groups excluding carboxylic acids is 2. The number of aryl methyl sites for hydroxylation is 1. The van der Waals surface area contributed by atoms with Gasteiger partial charge in [0.1, 0.15) is 11.3 Å². The predicted octanol–water partition coefficient (Wildman–Crippen LogP) is 3.03. The van der Waals surface area contributed by atoms with Gasteiger partial charge in [-0.3, -0.25) is 9.59 Å². The van der Waals surface area contributed by atoms with E-state index in [1.54, 1.807) is 37.1 Å². The maximum atomic E-state index is 12.4. The molecule has 1 atom stereocenters. The molecule has 1 aromatic heterocycles. The van der Waals surface area contributed by atoms with E-state index in [1.165, 1.54) is 0 Å². The predicted molar refractivity (Wildman–Crippen MR) is 111 cm³/mol. The van der Waals surface area contributed by atoms with Crippen molar-refractivity contribution in [3.63, 3.8) is 0 Å². The molecule has 1 heterocycles. The standard InChI is InChI=1S/C21H24N4O4/c1-12-6-9-17(28-5)15(10-12)13(2)22-19(26)20(27)23-14-7-8-16-18(11-14)29-21(24-16)25(3)4/h6-11,13H,1-5H3,(H,22,26)(H,23,27). The summed E-state index contributed by atoms with van der Waals surface area (Å²) in [5.41, 5.74) is 3.46. The normalized spacial score (nSPS) is 11.8. The lowest BCUT2D eigenvalue weighted by atomic mass is 10.0. The molecule has 3 aromatic rings. The number of fused-ring (bicyclic) bond motifs is 1. The molecule has 0 saturated carbocycles. The number of hydrogen-bond acceptors (Lipinski definition) is 6. The summed E-state index contributed by atoms with van der Waals surface area (Å²) < 4.78 is 11.0. The summed E-state index contributed by atoms with van der Waals surface area (Å²) in [6.45, 7) is 3.75. The average molecular weight is 396 g/mol. The summed E-state index contributed by atoms with van der Waals surface area (Å²) in [4.78, 5) is 30.8. The molecule has 152 valence electrons. The Bertz CT molecular complexity index is 1060. The molecule has 0 aliphatic rings. The highest BCUT2D eigenvalue weighted by atomic mass is 16.5. The van der Waals surface area contributed by atoms with Crippen LogP contribution in [0.2, 0.25) is 0 Å². The Labute approximate surface area is 168 Å². The van der Waals surface area contributed by atoms with Crippen molar-refractivity contribution in [1.29, 1.82) is 0 Å². The first-order chi connectivity index (χ1) is 13.8. The van der Waals surface area contributed by atoms with Crippen LogP contribution in [0.5, 0.6) is 5.75 Å². The second-order valence-electron chi connectivity index (χ2n) is 6.97. The van der Waals surface area contributed by atoms with Gasteiger partial charge in [-0.25, -0.2) is 0 Å². The van der Waals surface area contributed by atoms with Gasteiger partial charge in [-0.05, 0) is 32.0 Å². The molecular weight excluding hydrogens is 372 g/mol.